The number of hydrogen-bond acceptors (Lipinski definition) is 2. The molecular weight excluding hydrogens is 196 g/mol. The van der Waals surface area contributed by atoms with Crippen LogP contribution in [0.15, 0.2) is 0 Å². The highest BCUT2D eigenvalue weighted by Gasteiger charge is 2.30. The Morgan fingerprint density at radius 3 is 2.56 bits per heavy atom. The zero-order valence-electron chi connectivity index (χ0n) is 11.6. The largest absolute Gasteiger partial charge is 0.329 e. The third-order valence-electron chi connectivity index (χ3n) is 4.26. The smallest absolute Gasteiger partial charge is 0.0246 e. The molecule has 1 heterocycles. The molecular formula is C14H30N2. The molecule has 1 saturated heterocycles. The minimum Gasteiger partial charge on any atom is -0.329 e. The first-order valence-electron chi connectivity index (χ1n) is 7.05. The summed E-state index contributed by atoms with van der Waals surface area (Å²) in [6, 6.07) is 1.32. The lowest BCUT2D eigenvalue weighted by Gasteiger charge is -2.43. The number of nitrogens with zero attached hydrogens (tertiary/aromatic N) is 1. The monoisotopic (exact) mass is 226 g/mol. The highest BCUT2D eigenvalue weighted by Crippen LogP contribution is 2.27. The van der Waals surface area contributed by atoms with Crippen LogP contribution in [0, 0.1) is 11.8 Å². The summed E-state index contributed by atoms with van der Waals surface area (Å²) in [7, 11) is 0. The lowest BCUT2D eigenvalue weighted by molar-refractivity contribution is 0.0570. The molecule has 0 aromatic carbocycles. The molecule has 0 aromatic rings. The molecule has 0 saturated carbocycles. The van der Waals surface area contributed by atoms with Crippen molar-refractivity contribution in [1.29, 1.82) is 0 Å². The van der Waals surface area contributed by atoms with E-state index >= 15 is 0 Å². The molecule has 0 spiro atoms. The van der Waals surface area contributed by atoms with Gasteiger partial charge in [-0.05, 0) is 44.6 Å². The lowest BCUT2D eigenvalue weighted by atomic mass is 9.88. The Labute approximate surface area is 102 Å². The van der Waals surface area contributed by atoms with E-state index in [9.17, 15) is 0 Å². The van der Waals surface area contributed by atoms with E-state index in [1.165, 1.54) is 32.2 Å². The molecule has 0 aromatic heterocycles. The normalized spacial score (nSPS) is 31.3. The van der Waals surface area contributed by atoms with Crippen LogP contribution < -0.4 is 5.73 Å². The van der Waals surface area contributed by atoms with E-state index in [-0.39, 0.29) is 0 Å². The predicted molar refractivity (Wildman–Crippen MR) is 71.5 cm³/mol. The van der Waals surface area contributed by atoms with Gasteiger partial charge >= 0.3 is 0 Å². The van der Waals surface area contributed by atoms with Crippen LogP contribution in [-0.2, 0) is 0 Å². The first-order valence-corrected chi connectivity index (χ1v) is 7.05. The van der Waals surface area contributed by atoms with Crippen LogP contribution >= 0.6 is 0 Å². The Bertz CT molecular complexity index is 189. The first-order chi connectivity index (χ1) is 7.60. The number of rotatable bonds is 5. The standard InChI is InChI=1S/C14H30N2/c1-5-6-12(3)14(10-15)16-8-7-11(2)9-13(16)4/h11-14H,5-10,15H2,1-4H3. The van der Waals surface area contributed by atoms with E-state index in [1.54, 1.807) is 0 Å². The molecule has 2 nitrogen and oxygen atoms in total. The van der Waals surface area contributed by atoms with Gasteiger partial charge in [-0.3, -0.25) is 4.90 Å². The predicted octanol–water partition coefficient (Wildman–Crippen LogP) is 2.87. The molecule has 1 aliphatic heterocycles. The number of hydrogen-bond donors (Lipinski definition) is 1. The molecule has 0 radical (unpaired) electrons. The van der Waals surface area contributed by atoms with Crippen LogP contribution in [0.5, 0.6) is 0 Å². The molecule has 4 unspecified atom stereocenters. The van der Waals surface area contributed by atoms with Gasteiger partial charge in [0.2, 0.25) is 0 Å². The van der Waals surface area contributed by atoms with E-state index < -0.39 is 0 Å². The van der Waals surface area contributed by atoms with E-state index in [1.807, 2.05) is 0 Å². The molecule has 1 fully saturated rings. The van der Waals surface area contributed by atoms with Crippen LogP contribution in [0.4, 0.5) is 0 Å². The average Bonchev–Trinajstić information content (AvgIpc) is 2.22. The summed E-state index contributed by atoms with van der Waals surface area (Å²) in [5, 5.41) is 0. The van der Waals surface area contributed by atoms with Crippen molar-refractivity contribution in [2.24, 2.45) is 17.6 Å². The van der Waals surface area contributed by atoms with Gasteiger partial charge in [0, 0.05) is 18.6 Å². The summed E-state index contributed by atoms with van der Waals surface area (Å²) >= 11 is 0. The molecule has 0 amide bonds. The van der Waals surface area contributed by atoms with Crippen molar-refractivity contribution in [3.05, 3.63) is 0 Å². The Morgan fingerprint density at radius 2 is 2.06 bits per heavy atom. The number of nitrogens with two attached hydrogens (primary N) is 1. The third kappa shape index (κ3) is 3.46. The van der Waals surface area contributed by atoms with Crippen LogP contribution in [0.1, 0.15) is 53.4 Å². The minimum atomic E-state index is 0.599. The Balaban J connectivity index is 2.57. The van der Waals surface area contributed by atoms with E-state index in [0.717, 1.165) is 24.4 Å². The van der Waals surface area contributed by atoms with Gasteiger partial charge in [-0.25, -0.2) is 0 Å². The Hall–Kier alpha value is -0.0800. The molecule has 96 valence electrons. The second-order valence-electron chi connectivity index (χ2n) is 5.79. The molecule has 16 heavy (non-hydrogen) atoms. The molecule has 0 aliphatic carbocycles. The maximum absolute atomic E-state index is 5.99. The van der Waals surface area contributed by atoms with E-state index in [0.29, 0.717) is 6.04 Å². The number of piperidine rings is 1. The van der Waals surface area contributed by atoms with Crippen molar-refractivity contribution in [1.82, 2.24) is 4.90 Å². The van der Waals surface area contributed by atoms with Crippen LogP contribution in [0.3, 0.4) is 0 Å². The molecule has 0 bridgehead atoms. The van der Waals surface area contributed by atoms with Gasteiger partial charge in [0.15, 0.2) is 0 Å². The summed E-state index contributed by atoms with van der Waals surface area (Å²) in [5.74, 6) is 1.64. The van der Waals surface area contributed by atoms with Crippen LogP contribution in [0.25, 0.3) is 0 Å². The second-order valence-corrected chi connectivity index (χ2v) is 5.79. The summed E-state index contributed by atoms with van der Waals surface area (Å²) < 4.78 is 0. The summed E-state index contributed by atoms with van der Waals surface area (Å²) in [5.41, 5.74) is 5.99. The van der Waals surface area contributed by atoms with Gasteiger partial charge in [0.1, 0.15) is 0 Å². The average molecular weight is 226 g/mol. The molecule has 2 N–H and O–H groups in total. The summed E-state index contributed by atoms with van der Waals surface area (Å²) in [4.78, 5) is 2.67. The van der Waals surface area contributed by atoms with E-state index in [2.05, 4.69) is 32.6 Å². The zero-order chi connectivity index (χ0) is 12.1. The highest BCUT2D eigenvalue weighted by molar-refractivity contribution is 4.85. The van der Waals surface area contributed by atoms with Gasteiger partial charge in [-0.2, -0.15) is 0 Å². The SMILES string of the molecule is CCCC(C)C(CN)N1CCC(C)CC1C. The highest BCUT2D eigenvalue weighted by atomic mass is 15.2. The minimum absolute atomic E-state index is 0.599. The quantitative estimate of drug-likeness (QED) is 0.781. The zero-order valence-corrected chi connectivity index (χ0v) is 11.6. The maximum Gasteiger partial charge on any atom is 0.0246 e. The summed E-state index contributed by atoms with van der Waals surface area (Å²) in [6.45, 7) is 11.5. The van der Waals surface area contributed by atoms with Gasteiger partial charge in [-0.15, -0.1) is 0 Å². The first kappa shape index (κ1) is 14.0. The fraction of sp³-hybridized carbons (Fsp3) is 1.00. The Kier molecular flexibility index (Phi) is 5.77. The molecule has 4 atom stereocenters. The van der Waals surface area contributed by atoms with Crippen LogP contribution in [0.2, 0.25) is 0 Å². The van der Waals surface area contributed by atoms with Gasteiger partial charge in [0.05, 0.1) is 0 Å². The maximum atomic E-state index is 5.99. The molecule has 1 aliphatic rings. The molecule has 1 rings (SSSR count). The Morgan fingerprint density at radius 1 is 1.38 bits per heavy atom. The van der Waals surface area contributed by atoms with Crippen LogP contribution in [-0.4, -0.2) is 30.1 Å². The van der Waals surface area contributed by atoms with Gasteiger partial charge in [-0.1, -0.05) is 27.2 Å². The lowest BCUT2D eigenvalue weighted by Crippen LogP contribution is -2.52. The topological polar surface area (TPSA) is 29.3 Å². The van der Waals surface area contributed by atoms with Gasteiger partial charge < -0.3 is 5.73 Å². The van der Waals surface area contributed by atoms with E-state index in [4.69, 9.17) is 5.73 Å². The fourth-order valence-electron chi connectivity index (χ4n) is 3.26. The van der Waals surface area contributed by atoms with Gasteiger partial charge in [0.25, 0.3) is 0 Å². The fourth-order valence-corrected chi connectivity index (χ4v) is 3.26. The second kappa shape index (κ2) is 6.61. The van der Waals surface area contributed by atoms with Crippen molar-refractivity contribution in [3.63, 3.8) is 0 Å². The van der Waals surface area contributed by atoms with Crippen molar-refractivity contribution in [2.45, 2.75) is 65.5 Å². The van der Waals surface area contributed by atoms with Crippen molar-refractivity contribution < 1.29 is 0 Å². The summed E-state index contributed by atoms with van der Waals surface area (Å²) in [6.07, 6.45) is 5.27. The molecule has 2 heteroatoms. The van der Waals surface area contributed by atoms with Crippen molar-refractivity contribution in [2.75, 3.05) is 13.1 Å². The van der Waals surface area contributed by atoms with Crippen molar-refractivity contribution in [3.8, 4) is 0 Å². The van der Waals surface area contributed by atoms with Crippen molar-refractivity contribution >= 4 is 0 Å². The number of likely N-dealkylation sites (tertiary alicyclic amines) is 1. The third-order valence-corrected chi connectivity index (χ3v) is 4.26.